The van der Waals surface area contributed by atoms with Crippen LogP contribution in [0.25, 0.3) is 0 Å². The van der Waals surface area contributed by atoms with Gasteiger partial charge in [-0.05, 0) is 43.6 Å². The van der Waals surface area contributed by atoms with Gasteiger partial charge in [0.15, 0.2) is 0 Å². The third kappa shape index (κ3) is 3.91. The van der Waals surface area contributed by atoms with E-state index in [1.807, 2.05) is 12.1 Å². The lowest BCUT2D eigenvalue weighted by Crippen LogP contribution is -2.44. The van der Waals surface area contributed by atoms with Crippen LogP contribution in [0.5, 0.6) is 0 Å². The van der Waals surface area contributed by atoms with E-state index in [9.17, 15) is 0 Å². The Kier molecular flexibility index (Phi) is 5.40. The summed E-state index contributed by atoms with van der Waals surface area (Å²) < 4.78 is 0. The molecular weight excluding hydrogens is 262 g/mol. The minimum absolute atomic E-state index is 0.482. The number of nitrogens with one attached hydrogen (secondary N) is 1. The standard InChI is InChI=1S/C15H22ClNS/c1-11(10-13-6-3-4-7-14(13)16)17-15-8-5-9-18-12(15)2/h3-4,6-7,11-12,15,17H,5,8-10H2,1-2H3. The van der Waals surface area contributed by atoms with Gasteiger partial charge in [-0.1, -0.05) is 36.7 Å². The van der Waals surface area contributed by atoms with Gasteiger partial charge in [-0.3, -0.25) is 0 Å². The monoisotopic (exact) mass is 283 g/mol. The number of hydrogen-bond acceptors (Lipinski definition) is 2. The fraction of sp³-hybridized carbons (Fsp3) is 0.600. The van der Waals surface area contributed by atoms with Crippen molar-refractivity contribution in [3.05, 3.63) is 34.9 Å². The average Bonchev–Trinajstić information content (AvgIpc) is 2.35. The summed E-state index contributed by atoms with van der Waals surface area (Å²) in [6, 6.07) is 9.29. The molecular formula is C15H22ClNS. The van der Waals surface area contributed by atoms with E-state index < -0.39 is 0 Å². The molecule has 1 N–H and O–H groups in total. The molecule has 1 aromatic rings. The molecule has 1 aliphatic heterocycles. The molecule has 0 aliphatic carbocycles. The molecule has 3 heteroatoms. The smallest absolute Gasteiger partial charge is 0.0438 e. The van der Waals surface area contributed by atoms with Crippen LogP contribution in [0.2, 0.25) is 5.02 Å². The predicted octanol–water partition coefficient (Wildman–Crippen LogP) is 4.14. The fourth-order valence-electron chi connectivity index (χ4n) is 2.56. The minimum atomic E-state index is 0.482. The molecule has 0 aromatic heterocycles. The van der Waals surface area contributed by atoms with Crippen LogP contribution in [-0.2, 0) is 6.42 Å². The lowest BCUT2D eigenvalue weighted by atomic mass is 10.0. The molecule has 0 radical (unpaired) electrons. The summed E-state index contributed by atoms with van der Waals surface area (Å²) in [5, 5.41) is 5.38. The number of halogens is 1. The first-order valence-corrected chi connectivity index (χ1v) is 8.20. The van der Waals surface area contributed by atoms with Crippen molar-refractivity contribution >= 4 is 23.4 Å². The van der Waals surface area contributed by atoms with E-state index in [0.717, 1.165) is 16.7 Å². The Balaban J connectivity index is 1.88. The van der Waals surface area contributed by atoms with Crippen molar-refractivity contribution in [2.75, 3.05) is 5.75 Å². The van der Waals surface area contributed by atoms with Crippen molar-refractivity contribution in [3.63, 3.8) is 0 Å². The quantitative estimate of drug-likeness (QED) is 0.891. The Bertz CT molecular complexity index is 383. The van der Waals surface area contributed by atoms with Gasteiger partial charge in [-0.2, -0.15) is 11.8 Å². The predicted molar refractivity (Wildman–Crippen MR) is 82.7 cm³/mol. The van der Waals surface area contributed by atoms with Crippen molar-refractivity contribution in [3.8, 4) is 0 Å². The maximum Gasteiger partial charge on any atom is 0.0438 e. The van der Waals surface area contributed by atoms with Crippen molar-refractivity contribution in [2.45, 2.75) is 50.4 Å². The van der Waals surface area contributed by atoms with Crippen LogP contribution in [0.3, 0.4) is 0 Å². The largest absolute Gasteiger partial charge is 0.310 e. The second-order valence-electron chi connectivity index (χ2n) is 5.19. The topological polar surface area (TPSA) is 12.0 Å². The van der Waals surface area contributed by atoms with E-state index in [2.05, 4.69) is 43.1 Å². The summed E-state index contributed by atoms with van der Waals surface area (Å²) >= 11 is 8.30. The number of benzene rings is 1. The molecule has 1 heterocycles. The van der Waals surface area contributed by atoms with Gasteiger partial charge in [-0.15, -0.1) is 0 Å². The summed E-state index contributed by atoms with van der Waals surface area (Å²) in [6.45, 7) is 4.60. The summed E-state index contributed by atoms with van der Waals surface area (Å²) in [6.07, 6.45) is 3.65. The normalized spacial score (nSPS) is 25.9. The zero-order valence-electron chi connectivity index (χ0n) is 11.2. The first-order chi connectivity index (χ1) is 8.66. The van der Waals surface area contributed by atoms with E-state index in [0.29, 0.717) is 12.1 Å². The maximum atomic E-state index is 6.21. The van der Waals surface area contributed by atoms with Crippen LogP contribution >= 0.6 is 23.4 Å². The molecule has 0 spiro atoms. The van der Waals surface area contributed by atoms with Crippen LogP contribution in [0, 0.1) is 0 Å². The lowest BCUT2D eigenvalue weighted by Gasteiger charge is -2.32. The SMILES string of the molecule is CC(Cc1ccccc1Cl)NC1CCCSC1C. The van der Waals surface area contributed by atoms with Gasteiger partial charge < -0.3 is 5.32 Å². The average molecular weight is 284 g/mol. The molecule has 1 fully saturated rings. The second kappa shape index (κ2) is 6.83. The first-order valence-electron chi connectivity index (χ1n) is 6.78. The van der Waals surface area contributed by atoms with Gasteiger partial charge in [0.2, 0.25) is 0 Å². The number of hydrogen-bond donors (Lipinski definition) is 1. The van der Waals surface area contributed by atoms with Gasteiger partial charge >= 0.3 is 0 Å². The third-order valence-electron chi connectivity index (χ3n) is 3.59. The van der Waals surface area contributed by atoms with E-state index >= 15 is 0 Å². The second-order valence-corrected chi connectivity index (χ2v) is 7.08. The van der Waals surface area contributed by atoms with Gasteiger partial charge in [0.25, 0.3) is 0 Å². The molecule has 0 saturated carbocycles. The van der Waals surface area contributed by atoms with E-state index in [1.165, 1.54) is 24.2 Å². The van der Waals surface area contributed by atoms with Gasteiger partial charge in [0, 0.05) is 22.4 Å². The summed E-state index contributed by atoms with van der Waals surface area (Å²) in [5.74, 6) is 1.32. The van der Waals surface area contributed by atoms with Crippen molar-refractivity contribution in [1.82, 2.24) is 5.32 Å². The van der Waals surface area contributed by atoms with Gasteiger partial charge in [0.1, 0.15) is 0 Å². The highest BCUT2D eigenvalue weighted by Gasteiger charge is 2.23. The molecule has 2 rings (SSSR count). The molecule has 1 aromatic carbocycles. The number of rotatable bonds is 4. The minimum Gasteiger partial charge on any atom is -0.310 e. The fourth-order valence-corrected chi connectivity index (χ4v) is 3.93. The molecule has 100 valence electrons. The van der Waals surface area contributed by atoms with Gasteiger partial charge in [-0.25, -0.2) is 0 Å². The van der Waals surface area contributed by atoms with E-state index in [-0.39, 0.29) is 0 Å². The molecule has 1 aliphatic rings. The molecule has 3 unspecified atom stereocenters. The maximum absolute atomic E-state index is 6.21. The van der Waals surface area contributed by atoms with Crippen LogP contribution in [-0.4, -0.2) is 23.1 Å². The summed E-state index contributed by atoms with van der Waals surface area (Å²) in [7, 11) is 0. The number of thioether (sulfide) groups is 1. The summed E-state index contributed by atoms with van der Waals surface area (Å²) in [4.78, 5) is 0. The Morgan fingerprint density at radius 3 is 2.94 bits per heavy atom. The molecule has 1 nitrogen and oxygen atoms in total. The van der Waals surface area contributed by atoms with Crippen molar-refractivity contribution in [1.29, 1.82) is 0 Å². The Morgan fingerprint density at radius 2 is 2.22 bits per heavy atom. The molecule has 18 heavy (non-hydrogen) atoms. The van der Waals surface area contributed by atoms with Gasteiger partial charge in [0.05, 0.1) is 0 Å². The first kappa shape index (κ1) is 14.2. The van der Waals surface area contributed by atoms with Crippen molar-refractivity contribution in [2.24, 2.45) is 0 Å². The van der Waals surface area contributed by atoms with E-state index in [1.54, 1.807) is 0 Å². The zero-order chi connectivity index (χ0) is 13.0. The van der Waals surface area contributed by atoms with Crippen LogP contribution in [0.15, 0.2) is 24.3 Å². The highest BCUT2D eigenvalue weighted by atomic mass is 35.5. The third-order valence-corrected chi connectivity index (χ3v) is 5.34. The van der Waals surface area contributed by atoms with Crippen LogP contribution in [0.1, 0.15) is 32.3 Å². The van der Waals surface area contributed by atoms with Crippen LogP contribution < -0.4 is 5.32 Å². The summed E-state index contributed by atoms with van der Waals surface area (Å²) in [5.41, 5.74) is 1.25. The van der Waals surface area contributed by atoms with Crippen molar-refractivity contribution < 1.29 is 0 Å². The van der Waals surface area contributed by atoms with Crippen LogP contribution in [0.4, 0.5) is 0 Å². The van der Waals surface area contributed by atoms with E-state index in [4.69, 9.17) is 11.6 Å². The Hall–Kier alpha value is -0.180. The highest BCUT2D eigenvalue weighted by molar-refractivity contribution is 7.99. The molecule has 0 bridgehead atoms. The Labute approximate surface area is 120 Å². The molecule has 1 saturated heterocycles. The molecule has 3 atom stereocenters. The zero-order valence-corrected chi connectivity index (χ0v) is 12.7. The Morgan fingerprint density at radius 1 is 1.44 bits per heavy atom. The lowest BCUT2D eigenvalue weighted by molar-refractivity contribution is 0.408. The highest BCUT2D eigenvalue weighted by Crippen LogP contribution is 2.26. The molecule has 0 amide bonds.